The van der Waals surface area contributed by atoms with E-state index in [1.165, 1.54) is 11.1 Å². The van der Waals surface area contributed by atoms with Gasteiger partial charge in [-0.1, -0.05) is 29.8 Å². The number of hydrogen-bond acceptors (Lipinski definition) is 2. The van der Waals surface area contributed by atoms with Crippen molar-refractivity contribution in [2.45, 2.75) is 25.7 Å². The maximum absolute atomic E-state index is 11.1. The van der Waals surface area contributed by atoms with Crippen molar-refractivity contribution in [3.63, 3.8) is 0 Å². The molecule has 1 saturated carbocycles. The largest absolute Gasteiger partial charge is 0.481 e. The Morgan fingerprint density at radius 2 is 2.25 bits per heavy atom. The molecule has 0 unspecified atom stereocenters. The van der Waals surface area contributed by atoms with Gasteiger partial charge in [0.05, 0.1) is 5.41 Å². The lowest BCUT2D eigenvalue weighted by atomic mass is 9.60. The Morgan fingerprint density at radius 1 is 1.56 bits per heavy atom. The monoisotopic (exact) mass is 219 g/mol. The second kappa shape index (κ2) is 3.91. The lowest BCUT2D eigenvalue weighted by Gasteiger charge is -2.44. The van der Waals surface area contributed by atoms with Crippen molar-refractivity contribution in [1.82, 2.24) is 0 Å². The summed E-state index contributed by atoms with van der Waals surface area (Å²) in [6, 6.07) is 8.27. The fourth-order valence-electron chi connectivity index (χ4n) is 2.47. The van der Waals surface area contributed by atoms with Gasteiger partial charge in [-0.05, 0) is 31.2 Å². The van der Waals surface area contributed by atoms with Gasteiger partial charge in [0, 0.05) is 6.54 Å². The highest BCUT2D eigenvalue weighted by Crippen LogP contribution is 2.50. The number of carboxylic acids is 1. The summed E-state index contributed by atoms with van der Waals surface area (Å²) < 4.78 is 0. The highest BCUT2D eigenvalue weighted by atomic mass is 16.4. The van der Waals surface area contributed by atoms with Gasteiger partial charge >= 0.3 is 5.97 Å². The van der Waals surface area contributed by atoms with Crippen molar-refractivity contribution in [2.75, 3.05) is 6.54 Å². The molecule has 3 heteroatoms. The number of aryl methyl sites for hydroxylation is 1. The van der Waals surface area contributed by atoms with E-state index in [0.717, 1.165) is 0 Å². The first-order valence-corrected chi connectivity index (χ1v) is 5.57. The molecule has 1 fully saturated rings. The summed E-state index contributed by atoms with van der Waals surface area (Å²) in [7, 11) is 0. The van der Waals surface area contributed by atoms with Crippen LogP contribution < -0.4 is 5.73 Å². The molecule has 2 rings (SSSR count). The normalized spacial score (nSPS) is 28.5. The lowest BCUT2D eigenvalue weighted by molar-refractivity contribution is -0.154. The van der Waals surface area contributed by atoms with E-state index in [1.807, 2.05) is 6.07 Å². The molecule has 1 aromatic rings. The van der Waals surface area contributed by atoms with Crippen LogP contribution in [0.5, 0.6) is 0 Å². The van der Waals surface area contributed by atoms with Crippen LogP contribution in [-0.4, -0.2) is 17.6 Å². The fraction of sp³-hybridized carbons (Fsp3) is 0.462. The minimum atomic E-state index is -0.751. The second-order valence-electron chi connectivity index (χ2n) is 4.81. The van der Waals surface area contributed by atoms with E-state index in [4.69, 9.17) is 10.8 Å². The Morgan fingerprint density at radius 3 is 2.75 bits per heavy atom. The van der Waals surface area contributed by atoms with Crippen LogP contribution in [0.25, 0.3) is 0 Å². The highest BCUT2D eigenvalue weighted by Gasteiger charge is 2.49. The summed E-state index contributed by atoms with van der Waals surface area (Å²) in [6.07, 6.45) is 1.34. The zero-order valence-corrected chi connectivity index (χ0v) is 9.44. The molecule has 0 bridgehead atoms. The molecular weight excluding hydrogens is 202 g/mol. The molecule has 0 aromatic heterocycles. The number of benzene rings is 1. The summed E-state index contributed by atoms with van der Waals surface area (Å²) >= 11 is 0. The molecule has 3 N–H and O–H groups in total. The Bertz CT molecular complexity index is 408. The van der Waals surface area contributed by atoms with Crippen LogP contribution in [0.15, 0.2) is 24.3 Å². The first kappa shape index (κ1) is 11.1. The zero-order valence-electron chi connectivity index (χ0n) is 9.44. The van der Waals surface area contributed by atoms with Crippen molar-refractivity contribution in [1.29, 1.82) is 0 Å². The molecule has 3 nitrogen and oxygen atoms in total. The van der Waals surface area contributed by atoms with Gasteiger partial charge in [-0.3, -0.25) is 4.79 Å². The molecule has 0 heterocycles. The molecule has 86 valence electrons. The van der Waals surface area contributed by atoms with Gasteiger partial charge in [0.15, 0.2) is 0 Å². The average Bonchev–Trinajstić information content (AvgIpc) is 2.16. The SMILES string of the molecule is Cc1cccc(C2CC(CN)(C(=O)O)C2)c1. The van der Waals surface area contributed by atoms with Crippen molar-refractivity contribution >= 4 is 5.97 Å². The van der Waals surface area contributed by atoms with Gasteiger partial charge in [-0.25, -0.2) is 0 Å². The average molecular weight is 219 g/mol. The molecule has 0 amide bonds. The van der Waals surface area contributed by atoms with Crippen LogP contribution in [0.2, 0.25) is 0 Å². The third kappa shape index (κ3) is 1.71. The van der Waals surface area contributed by atoms with E-state index >= 15 is 0 Å². The van der Waals surface area contributed by atoms with Crippen molar-refractivity contribution < 1.29 is 9.90 Å². The molecule has 0 atom stereocenters. The minimum Gasteiger partial charge on any atom is -0.481 e. The summed E-state index contributed by atoms with van der Waals surface area (Å²) in [5.41, 5.74) is 7.35. The second-order valence-corrected chi connectivity index (χ2v) is 4.81. The summed E-state index contributed by atoms with van der Waals surface area (Å²) in [4.78, 5) is 11.1. The topological polar surface area (TPSA) is 63.3 Å². The number of nitrogens with two attached hydrogens (primary N) is 1. The number of carboxylic acid groups (broad SMARTS) is 1. The minimum absolute atomic E-state index is 0.241. The number of rotatable bonds is 3. The standard InChI is InChI=1S/C13H17NO2/c1-9-3-2-4-10(5-9)11-6-13(7-11,8-14)12(15)16/h2-5,11H,6-8,14H2,1H3,(H,15,16). The van der Waals surface area contributed by atoms with E-state index in [1.54, 1.807) is 0 Å². The first-order chi connectivity index (χ1) is 7.57. The van der Waals surface area contributed by atoms with E-state index < -0.39 is 11.4 Å². The van der Waals surface area contributed by atoms with Gasteiger partial charge in [0.1, 0.15) is 0 Å². The van der Waals surface area contributed by atoms with Gasteiger partial charge < -0.3 is 10.8 Å². The van der Waals surface area contributed by atoms with E-state index in [0.29, 0.717) is 18.8 Å². The maximum atomic E-state index is 11.1. The van der Waals surface area contributed by atoms with E-state index in [2.05, 4.69) is 25.1 Å². The molecule has 1 aliphatic rings. The van der Waals surface area contributed by atoms with Crippen LogP contribution in [0.4, 0.5) is 0 Å². The highest BCUT2D eigenvalue weighted by molar-refractivity contribution is 5.76. The Labute approximate surface area is 95.3 Å². The fourth-order valence-corrected chi connectivity index (χ4v) is 2.47. The number of aliphatic carboxylic acids is 1. The molecule has 0 saturated heterocycles. The number of carbonyl (C=O) groups is 1. The molecule has 1 aliphatic carbocycles. The van der Waals surface area contributed by atoms with Crippen LogP contribution in [0, 0.1) is 12.3 Å². The summed E-state index contributed by atoms with van der Waals surface area (Å²) in [5, 5.41) is 9.12. The molecule has 0 radical (unpaired) electrons. The molecule has 0 aliphatic heterocycles. The quantitative estimate of drug-likeness (QED) is 0.816. The number of hydrogen-bond donors (Lipinski definition) is 2. The predicted molar refractivity (Wildman–Crippen MR) is 62.3 cm³/mol. The van der Waals surface area contributed by atoms with Crippen LogP contribution >= 0.6 is 0 Å². The van der Waals surface area contributed by atoms with E-state index in [-0.39, 0.29) is 6.54 Å². The predicted octanol–water partition coefficient (Wildman–Crippen LogP) is 1.90. The zero-order chi connectivity index (χ0) is 11.8. The van der Waals surface area contributed by atoms with Crippen LogP contribution in [0.3, 0.4) is 0 Å². The third-order valence-electron chi connectivity index (χ3n) is 3.63. The lowest BCUT2D eigenvalue weighted by Crippen LogP contribution is -2.48. The smallest absolute Gasteiger partial charge is 0.310 e. The van der Waals surface area contributed by atoms with Crippen LogP contribution in [-0.2, 0) is 4.79 Å². The summed E-state index contributed by atoms with van der Waals surface area (Å²) in [5.74, 6) is -0.390. The van der Waals surface area contributed by atoms with Crippen molar-refractivity contribution in [3.8, 4) is 0 Å². The van der Waals surface area contributed by atoms with Crippen molar-refractivity contribution in [3.05, 3.63) is 35.4 Å². The Kier molecular flexibility index (Phi) is 2.72. The van der Waals surface area contributed by atoms with Gasteiger partial charge in [0.25, 0.3) is 0 Å². The molecular formula is C13H17NO2. The summed E-state index contributed by atoms with van der Waals surface area (Å²) in [6.45, 7) is 2.29. The van der Waals surface area contributed by atoms with Crippen LogP contribution in [0.1, 0.15) is 29.9 Å². The first-order valence-electron chi connectivity index (χ1n) is 5.57. The molecule has 0 spiro atoms. The van der Waals surface area contributed by atoms with E-state index in [9.17, 15) is 4.79 Å². The van der Waals surface area contributed by atoms with Crippen molar-refractivity contribution in [2.24, 2.45) is 11.1 Å². The van der Waals surface area contributed by atoms with Gasteiger partial charge in [-0.15, -0.1) is 0 Å². The third-order valence-corrected chi connectivity index (χ3v) is 3.63. The molecule has 1 aromatic carbocycles. The molecule has 16 heavy (non-hydrogen) atoms. The van der Waals surface area contributed by atoms with Gasteiger partial charge in [-0.2, -0.15) is 0 Å². The Hall–Kier alpha value is -1.35. The Balaban J connectivity index is 2.10. The maximum Gasteiger partial charge on any atom is 0.310 e. The van der Waals surface area contributed by atoms with Gasteiger partial charge in [0.2, 0.25) is 0 Å².